The first-order valence-electron chi connectivity index (χ1n) is 5.66. The number of benzene rings is 1. The molecule has 1 aromatic rings. The van der Waals surface area contributed by atoms with E-state index in [1.807, 2.05) is 0 Å². The minimum Gasteiger partial charge on any atom is -0.294 e. The molecule has 1 aliphatic rings. The summed E-state index contributed by atoms with van der Waals surface area (Å²) >= 11 is 0. The smallest absolute Gasteiger partial charge is 0.294 e. The molecule has 0 spiro atoms. The summed E-state index contributed by atoms with van der Waals surface area (Å²) in [6.45, 7) is 0.499. The van der Waals surface area contributed by atoms with Gasteiger partial charge in [-0.2, -0.15) is 13.2 Å². The van der Waals surface area contributed by atoms with E-state index >= 15 is 0 Å². The Bertz CT molecular complexity index is 488. The fourth-order valence-corrected chi connectivity index (χ4v) is 2.10. The van der Waals surface area contributed by atoms with E-state index in [0.717, 1.165) is 6.07 Å². The van der Waals surface area contributed by atoms with Gasteiger partial charge in [0.05, 0.1) is 0 Å². The minimum absolute atomic E-state index is 0.0876. The van der Waals surface area contributed by atoms with Gasteiger partial charge in [0.2, 0.25) is 5.67 Å². The van der Waals surface area contributed by atoms with E-state index in [0.29, 0.717) is 37.3 Å². The first kappa shape index (κ1) is 13.1. The van der Waals surface area contributed by atoms with Gasteiger partial charge in [0.15, 0.2) is 5.78 Å². The number of aryl methyl sites for hydroxylation is 1. The van der Waals surface area contributed by atoms with Crippen molar-refractivity contribution in [2.24, 2.45) is 0 Å². The van der Waals surface area contributed by atoms with Crippen molar-refractivity contribution in [2.45, 2.75) is 38.0 Å². The molecule has 1 unspecified atom stereocenters. The second-order valence-corrected chi connectivity index (χ2v) is 4.65. The zero-order chi connectivity index (χ0) is 13.6. The highest BCUT2D eigenvalue weighted by Gasteiger charge is 2.53. The molecule has 0 bridgehead atoms. The predicted octanol–water partition coefficient (Wildman–Crippen LogP) is 3.95. The number of halogens is 4. The van der Waals surface area contributed by atoms with Crippen LogP contribution in [0.15, 0.2) is 18.2 Å². The average molecular weight is 260 g/mol. The second kappa shape index (κ2) is 4.07. The van der Waals surface area contributed by atoms with E-state index in [1.54, 1.807) is 0 Å². The van der Waals surface area contributed by atoms with Gasteiger partial charge in [0.25, 0.3) is 0 Å². The molecule has 0 fully saturated rings. The van der Waals surface area contributed by atoms with Crippen LogP contribution >= 0.6 is 0 Å². The van der Waals surface area contributed by atoms with Gasteiger partial charge in [-0.25, -0.2) is 4.39 Å². The lowest BCUT2D eigenvalue weighted by atomic mass is 9.86. The lowest BCUT2D eigenvalue weighted by Gasteiger charge is -2.25. The lowest BCUT2D eigenvalue weighted by molar-refractivity contribution is -0.228. The van der Waals surface area contributed by atoms with Crippen LogP contribution < -0.4 is 0 Å². The Labute approximate surface area is 102 Å². The summed E-state index contributed by atoms with van der Waals surface area (Å²) in [5, 5.41) is 0. The fourth-order valence-electron chi connectivity index (χ4n) is 2.10. The highest BCUT2D eigenvalue weighted by Crippen LogP contribution is 2.42. The first-order chi connectivity index (χ1) is 8.23. The number of carbonyl (C=O) groups excluding carboxylic acids is 1. The average Bonchev–Trinajstić information content (AvgIpc) is 2.27. The van der Waals surface area contributed by atoms with Gasteiger partial charge < -0.3 is 0 Å². The monoisotopic (exact) mass is 260 g/mol. The molecule has 1 nitrogen and oxygen atoms in total. The zero-order valence-electron chi connectivity index (χ0n) is 9.77. The molecule has 5 heteroatoms. The summed E-state index contributed by atoms with van der Waals surface area (Å²) in [6, 6.07) is 3.52. The topological polar surface area (TPSA) is 17.1 Å². The number of ketones is 1. The molecule has 0 N–H and O–H groups in total. The van der Waals surface area contributed by atoms with Crippen molar-refractivity contribution in [1.29, 1.82) is 0 Å². The molecule has 2 rings (SSSR count). The van der Waals surface area contributed by atoms with Crippen LogP contribution in [0.2, 0.25) is 0 Å². The summed E-state index contributed by atoms with van der Waals surface area (Å²) in [6.07, 6.45) is -3.44. The molecule has 0 saturated carbocycles. The largest absolute Gasteiger partial charge is 0.426 e. The fraction of sp³-hybridized carbons (Fsp3) is 0.462. The summed E-state index contributed by atoms with van der Waals surface area (Å²) in [7, 11) is 0. The summed E-state index contributed by atoms with van der Waals surface area (Å²) in [5.74, 6) is -0.0876. The Morgan fingerprint density at radius 1 is 1.11 bits per heavy atom. The van der Waals surface area contributed by atoms with E-state index < -0.39 is 17.4 Å². The third-order valence-corrected chi connectivity index (χ3v) is 3.33. The van der Waals surface area contributed by atoms with Crippen molar-refractivity contribution in [3.63, 3.8) is 0 Å². The molecular weight excluding hydrogens is 248 g/mol. The van der Waals surface area contributed by atoms with E-state index in [2.05, 4.69) is 0 Å². The van der Waals surface area contributed by atoms with Gasteiger partial charge in [-0.3, -0.25) is 4.79 Å². The van der Waals surface area contributed by atoms with Crippen molar-refractivity contribution >= 4 is 5.78 Å². The first-order valence-corrected chi connectivity index (χ1v) is 5.66. The number of fused-ring (bicyclic) bond motifs is 1. The molecule has 0 aliphatic heterocycles. The molecule has 0 heterocycles. The Hall–Kier alpha value is -1.39. The Balaban J connectivity index is 2.46. The number of carbonyl (C=O) groups is 1. The Morgan fingerprint density at radius 3 is 2.39 bits per heavy atom. The van der Waals surface area contributed by atoms with Gasteiger partial charge in [-0.1, -0.05) is 18.2 Å². The summed E-state index contributed by atoms with van der Waals surface area (Å²) < 4.78 is 51.5. The van der Waals surface area contributed by atoms with Crippen molar-refractivity contribution < 1.29 is 22.4 Å². The molecule has 0 amide bonds. The standard InChI is InChI=1S/C13H12F4O/c1-12(14,13(15,16)17)9-5-6-10-8(7-9)3-2-4-11(10)18/h5-7H,2-4H2,1H3. The van der Waals surface area contributed by atoms with Gasteiger partial charge in [-0.15, -0.1) is 0 Å². The Morgan fingerprint density at radius 2 is 1.78 bits per heavy atom. The van der Waals surface area contributed by atoms with Crippen LogP contribution in [0.25, 0.3) is 0 Å². The molecule has 0 saturated heterocycles. The van der Waals surface area contributed by atoms with Crippen LogP contribution in [0.1, 0.15) is 41.3 Å². The van der Waals surface area contributed by atoms with E-state index in [-0.39, 0.29) is 5.78 Å². The van der Waals surface area contributed by atoms with Gasteiger partial charge in [0, 0.05) is 12.0 Å². The highest BCUT2D eigenvalue weighted by molar-refractivity contribution is 5.98. The molecule has 0 radical (unpaired) electrons. The number of hydrogen-bond acceptors (Lipinski definition) is 1. The van der Waals surface area contributed by atoms with Crippen LogP contribution in [0.4, 0.5) is 17.6 Å². The third-order valence-electron chi connectivity index (χ3n) is 3.33. The van der Waals surface area contributed by atoms with Crippen LogP contribution in [-0.4, -0.2) is 12.0 Å². The van der Waals surface area contributed by atoms with Crippen LogP contribution in [0.5, 0.6) is 0 Å². The second-order valence-electron chi connectivity index (χ2n) is 4.65. The molecule has 0 aromatic heterocycles. The molecule has 18 heavy (non-hydrogen) atoms. The molecule has 1 aromatic carbocycles. The maximum atomic E-state index is 13.8. The molecule has 1 atom stereocenters. The van der Waals surface area contributed by atoms with Crippen LogP contribution in [0.3, 0.4) is 0 Å². The zero-order valence-corrected chi connectivity index (χ0v) is 9.77. The maximum Gasteiger partial charge on any atom is 0.426 e. The summed E-state index contributed by atoms with van der Waals surface area (Å²) in [5.41, 5.74) is -2.90. The SMILES string of the molecule is CC(F)(c1ccc2c(c1)CCCC2=O)C(F)(F)F. The van der Waals surface area contributed by atoms with E-state index in [1.165, 1.54) is 12.1 Å². The number of rotatable bonds is 1. The maximum absolute atomic E-state index is 13.8. The van der Waals surface area contributed by atoms with Crippen LogP contribution in [-0.2, 0) is 12.1 Å². The van der Waals surface area contributed by atoms with Gasteiger partial charge >= 0.3 is 6.18 Å². The van der Waals surface area contributed by atoms with Crippen molar-refractivity contribution in [1.82, 2.24) is 0 Å². The lowest BCUT2D eigenvalue weighted by Crippen LogP contribution is -2.35. The van der Waals surface area contributed by atoms with Crippen molar-refractivity contribution in [3.05, 3.63) is 34.9 Å². The van der Waals surface area contributed by atoms with Gasteiger partial charge in [0.1, 0.15) is 0 Å². The normalized spacial score (nSPS) is 19.3. The third kappa shape index (κ3) is 2.02. The summed E-state index contributed by atoms with van der Waals surface area (Å²) in [4.78, 5) is 11.5. The van der Waals surface area contributed by atoms with Crippen molar-refractivity contribution in [3.8, 4) is 0 Å². The van der Waals surface area contributed by atoms with E-state index in [4.69, 9.17) is 0 Å². The van der Waals surface area contributed by atoms with Crippen molar-refractivity contribution in [2.75, 3.05) is 0 Å². The van der Waals surface area contributed by atoms with Gasteiger partial charge in [-0.05, 0) is 30.9 Å². The quantitative estimate of drug-likeness (QED) is 0.699. The number of hydrogen-bond donors (Lipinski definition) is 0. The van der Waals surface area contributed by atoms with E-state index in [9.17, 15) is 22.4 Å². The molecule has 98 valence electrons. The van der Waals surface area contributed by atoms with Crippen LogP contribution in [0, 0.1) is 0 Å². The predicted molar refractivity (Wildman–Crippen MR) is 58.2 cm³/mol. The molecule has 1 aliphatic carbocycles. The highest BCUT2D eigenvalue weighted by atomic mass is 19.4. The number of alkyl halides is 4. The number of Topliss-reactive ketones (excluding diaryl/α,β-unsaturated/α-hetero) is 1. The Kier molecular flexibility index (Phi) is 2.95. The minimum atomic E-state index is -4.96. The molecular formula is C13H12F4O.